The van der Waals surface area contributed by atoms with Crippen molar-refractivity contribution < 1.29 is 14.3 Å². The maximum Gasteiger partial charge on any atom is 0.221 e. The molecule has 0 saturated heterocycles. The molecule has 2 amide bonds. The van der Waals surface area contributed by atoms with Gasteiger partial charge in [0.1, 0.15) is 0 Å². The molecule has 1 N–H and O–H groups in total. The van der Waals surface area contributed by atoms with Crippen LogP contribution in [0.3, 0.4) is 0 Å². The van der Waals surface area contributed by atoms with Gasteiger partial charge < -0.3 is 15.0 Å². The number of nitrogens with one attached hydrogen (secondary N) is 1. The summed E-state index contributed by atoms with van der Waals surface area (Å²) in [5, 5.41) is 3.52. The maximum atomic E-state index is 11.7. The van der Waals surface area contributed by atoms with Crippen LogP contribution in [0.2, 0.25) is 5.02 Å². The van der Waals surface area contributed by atoms with E-state index in [-0.39, 0.29) is 11.8 Å². The van der Waals surface area contributed by atoms with Crippen LogP contribution in [0, 0.1) is 0 Å². The molecule has 0 aliphatic heterocycles. The van der Waals surface area contributed by atoms with Crippen LogP contribution in [-0.2, 0) is 20.7 Å². The lowest BCUT2D eigenvalue weighted by atomic mass is 10.1. The van der Waals surface area contributed by atoms with E-state index >= 15 is 0 Å². The van der Waals surface area contributed by atoms with Gasteiger partial charge in [0.05, 0.1) is 0 Å². The predicted molar refractivity (Wildman–Crippen MR) is 91.5 cm³/mol. The molecule has 0 aliphatic carbocycles. The molecule has 0 saturated carbocycles. The Kier molecular flexibility index (Phi) is 9.33. The summed E-state index contributed by atoms with van der Waals surface area (Å²) >= 11 is 5.85. The smallest absolute Gasteiger partial charge is 0.221 e. The predicted octanol–water partition coefficient (Wildman–Crippen LogP) is 2.27. The quantitative estimate of drug-likeness (QED) is 0.665. The summed E-state index contributed by atoms with van der Waals surface area (Å²) in [6.45, 7) is 3.77. The second-order valence-electron chi connectivity index (χ2n) is 5.33. The van der Waals surface area contributed by atoms with Gasteiger partial charge in [-0.3, -0.25) is 9.59 Å². The fourth-order valence-electron chi connectivity index (χ4n) is 2.11. The molecule has 0 bridgehead atoms. The Morgan fingerprint density at radius 3 is 2.52 bits per heavy atom. The van der Waals surface area contributed by atoms with Crippen LogP contribution in [0.25, 0.3) is 0 Å². The van der Waals surface area contributed by atoms with Crippen molar-refractivity contribution in [3.8, 4) is 0 Å². The third-order valence-corrected chi connectivity index (χ3v) is 3.74. The lowest BCUT2D eigenvalue weighted by Gasteiger charge is -2.21. The number of benzene rings is 1. The summed E-state index contributed by atoms with van der Waals surface area (Å²) in [6.07, 6.45) is 1.84. The average molecular weight is 341 g/mol. The minimum atomic E-state index is -0.0427. The van der Waals surface area contributed by atoms with Crippen molar-refractivity contribution in [2.75, 3.05) is 33.4 Å². The Morgan fingerprint density at radius 1 is 1.22 bits per heavy atom. The standard InChI is InChI=1S/C17H25ClN2O3/c1-14(21)20(11-8-15-4-6-16(18)7-5-15)12-9-17(22)19-10-3-13-23-2/h4-7H,3,8-13H2,1-2H3,(H,19,22). The van der Waals surface area contributed by atoms with E-state index in [1.54, 1.807) is 12.0 Å². The number of ether oxygens (including phenoxy) is 1. The number of hydrogen-bond acceptors (Lipinski definition) is 3. The highest BCUT2D eigenvalue weighted by atomic mass is 35.5. The first-order chi connectivity index (χ1) is 11.0. The first-order valence-electron chi connectivity index (χ1n) is 7.78. The van der Waals surface area contributed by atoms with Gasteiger partial charge in [-0.15, -0.1) is 0 Å². The number of halogens is 1. The highest BCUT2D eigenvalue weighted by molar-refractivity contribution is 6.30. The van der Waals surface area contributed by atoms with Crippen LogP contribution in [-0.4, -0.2) is 50.1 Å². The van der Waals surface area contributed by atoms with Crippen LogP contribution in [0.5, 0.6) is 0 Å². The topological polar surface area (TPSA) is 58.6 Å². The van der Waals surface area contributed by atoms with Crippen LogP contribution < -0.4 is 5.32 Å². The van der Waals surface area contributed by atoms with E-state index in [0.29, 0.717) is 37.7 Å². The zero-order valence-electron chi connectivity index (χ0n) is 13.8. The Labute approximate surface area is 142 Å². The average Bonchev–Trinajstić information content (AvgIpc) is 2.53. The minimum absolute atomic E-state index is 0.0221. The van der Waals surface area contributed by atoms with Gasteiger partial charge in [-0.1, -0.05) is 23.7 Å². The van der Waals surface area contributed by atoms with E-state index in [1.165, 1.54) is 6.92 Å². The zero-order chi connectivity index (χ0) is 17.1. The Hall–Kier alpha value is -1.59. The summed E-state index contributed by atoms with van der Waals surface area (Å²) in [7, 11) is 1.63. The molecule has 0 aromatic heterocycles. The van der Waals surface area contributed by atoms with E-state index in [1.807, 2.05) is 24.3 Å². The molecule has 0 spiro atoms. The summed E-state index contributed by atoms with van der Waals surface area (Å²) in [5.41, 5.74) is 1.12. The Bertz CT molecular complexity index is 491. The second kappa shape index (κ2) is 11.0. The molecule has 1 aromatic rings. The van der Waals surface area contributed by atoms with Crippen LogP contribution in [0.1, 0.15) is 25.3 Å². The highest BCUT2D eigenvalue weighted by Crippen LogP contribution is 2.10. The number of nitrogens with zero attached hydrogens (tertiary/aromatic N) is 1. The number of rotatable bonds is 10. The van der Waals surface area contributed by atoms with Gasteiger partial charge in [0.15, 0.2) is 0 Å². The van der Waals surface area contributed by atoms with Crippen molar-refractivity contribution in [3.63, 3.8) is 0 Å². The normalized spacial score (nSPS) is 10.4. The van der Waals surface area contributed by atoms with Gasteiger partial charge in [0, 0.05) is 51.7 Å². The molecular weight excluding hydrogens is 316 g/mol. The first kappa shape index (κ1) is 19.5. The maximum absolute atomic E-state index is 11.7. The molecule has 1 aromatic carbocycles. The molecule has 1 rings (SSSR count). The fourth-order valence-corrected chi connectivity index (χ4v) is 2.24. The van der Waals surface area contributed by atoms with Crippen molar-refractivity contribution in [2.45, 2.75) is 26.2 Å². The van der Waals surface area contributed by atoms with E-state index in [2.05, 4.69) is 5.32 Å². The van der Waals surface area contributed by atoms with Crippen molar-refractivity contribution in [1.29, 1.82) is 0 Å². The number of methoxy groups -OCH3 is 1. The molecular formula is C17H25ClN2O3. The fraction of sp³-hybridized carbons (Fsp3) is 0.529. The van der Waals surface area contributed by atoms with E-state index < -0.39 is 0 Å². The Morgan fingerprint density at radius 2 is 1.91 bits per heavy atom. The van der Waals surface area contributed by atoms with Crippen molar-refractivity contribution in [2.24, 2.45) is 0 Å². The minimum Gasteiger partial charge on any atom is -0.385 e. The summed E-state index contributed by atoms with van der Waals surface area (Å²) in [5.74, 6) is -0.0648. The summed E-state index contributed by atoms with van der Waals surface area (Å²) in [4.78, 5) is 25.1. The third kappa shape index (κ3) is 8.57. The van der Waals surface area contributed by atoms with Crippen LogP contribution in [0.4, 0.5) is 0 Å². The molecule has 0 radical (unpaired) electrons. The molecule has 0 aliphatic rings. The number of carbonyl (C=O) groups is 2. The van der Waals surface area contributed by atoms with Gasteiger partial charge in [0.2, 0.25) is 11.8 Å². The third-order valence-electron chi connectivity index (χ3n) is 3.49. The molecule has 0 heterocycles. The number of hydrogen-bond donors (Lipinski definition) is 1. The molecule has 23 heavy (non-hydrogen) atoms. The number of carbonyl (C=O) groups excluding carboxylic acids is 2. The molecule has 0 atom stereocenters. The summed E-state index contributed by atoms with van der Waals surface area (Å²) < 4.78 is 4.92. The second-order valence-corrected chi connectivity index (χ2v) is 5.77. The molecule has 0 fully saturated rings. The lowest BCUT2D eigenvalue weighted by Crippen LogP contribution is -2.35. The van der Waals surface area contributed by atoms with Gasteiger partial charge in [-0.05, 0) is 30.5 Å². The van der Waals surface area contributed by atoms with Crippen molar-refractivity contribution in [3.05, 3.63) is 34.9 Å². The molecule has 128 valence electrons. The van der Waals surface area contributed by atoms with Gasteiger partial charge >= 0.3 is 0 Å². The van der Waals surface area contributed by atoms with E-state index in [9.17, 15) is 9.59 Å². The Balaban J connectivity index is 2.33. The monoisotopic (exact) mass is 340 g/mol. The largest absolute Gasteiger partial charge is 0.385 e. The van der Waals surface area contributed by atoms with Crippen LogP contribution >= 0.6 is 11.6 Å². The van der Waals surface area contributed by atoms with E-state index in [0.717, 1.165) is 18.4 Å². The first-order valence-corrected chi connectivity index (χ1v) is 8.16. The van der Waals surface area contributed by atoms with Crippen molar-refractivity contribution >= 4 is 23.4 Å². The zero-order valence-corrected chi connectivity index (χ0v) is 14.6. The van der Waals surface area contributed by atoms with Gasteiger partial charge in [0.25, 0.3) is 0 Å². The highest BCUT2D eigenvalue weighted by Gasteiger charge is 2.11. The lowest BCUT2D eigenvalue weighted by molar-refractivity contribution is -0.129. The molecule has 6 heteroatoms. The number of amides is 2. The van der Waals surface area contributed by atoms with Gasteiger partial charge in [-0.25, -0.2) is 0 Å². The molecule has 5 nitrogen and oxygen atoms in total. The van der Waals surface area contributed by atoms with Crippen molar-refractivity contribution in [1.82, 2.24) is 10.2 Å². The SMILES string of the molecule is COCCCNC(=O)CCN(CCc1ccc(Cl)cc1)C(C)=O. The van der Waals surface area contributed by atoms with Crippen LogP contribution in [0.15, 0.2) is 24.3 Å². The van der Waals surface area contributed by atoms with Gasteiger partial charge in [-0.2, -0.15) is 0 Å². The van der Waals surface area contributed by atoms with E-state index in [4.69, 9.17) is 16.3 Å². The molecule has 0 unspecified atom stereocenters. The summed E-state index contributed by atoms with van der Waals surface area (Å²) in [6, 6.07) is 7.57.